The average Bonchev–Trinajstić information content (AvgIpc) is 2.49. The van der Waals surface area contributed by atoms with Crippen LogP contribution in [0.3, 0.4) is 0 Å². The first-order valence-electron chi connectivity index (χ1n) is 6.17. The van der Waals surface area contributed by atoms with Gasteiger partial charge in [0.05, 0.1) is 23.3 Å². The van der Waals surface area contributed by atoms with Crippen molar-refractivity contribution < 1.29 is 19.1 Å². The van der Waals surface area contributed by atoms with Crippen molar-refractivity contribution in [2.45, 2.75) is 6.92 Å². The van der Waals surface area contributed by atoms with Crippen molar-refractivity contribution in [2.24, 2.45) is 5.92 Å². The Bertz CT molecular complexity index is 715. The molecule has 0 heterocycles. The lowest BCUT2D eigenvalue weighted by Crippen LogP contribution is -2.29. The van der Waals surface area contributed by atoms with Gasteiger partial charge in [0.25, 0.3) is 0 Å². The number of Topliss-reactive ketones (excluding diaryl/α,β-unsaturated/α-hetero) is 2. The summed E-state index contributed by atoms with van der Waals surface area (Å²) >= 11 is 5.92. The van der Waals surface area contributed by atoms with E-state index in [1.165, 1.54) is 12.1 Å². The van der Waals surface area contributed by atoms with E-state index in [-0.39, 0.29) is 23.3 Å². The van der Waals surface area contributed by atoms with Gasteiger partial charge < -0.3 is 4.74 Å². The fourth-order valence-electron chi connectivity index (χ4n) is 2.08. The zero-order chi connectivity index (χ0) is 15.6. The molecule has 0 amide bonds. The molecule has 1 aliphatic carbocycles. The first kappa shape index (κ1) is 14.9. The summed E-state index contributed by atoms with van der Waals surface area (Å²) in [4.78, 5) is 36.4. The Morgan fingerprint density at radius 1 is 1.29 bits per heavy atom. The van der Waals surface area contributed by atoms with E-state index in [9.17, 15) is 14.4 Å². The molecule has 2 rings (SSSR count). The van der Waals surface area contributed by atoms with E-state index in [1.807, 2.05) is 0 Å². The molecule has 0 radical (unpaired) electrons. The molecule has 5 nitrogen and oxygen atoms in total. The van der Waals surface area contributed by atoms with Gasteiger partial charge >= 0.3 is 5.97 Å². The largest absolute Gasteiger partial charge is 0.465 e. The van der Waals surface area contributed by atoms with Crippen molar-refractivity contribution in [1.29, 1.82) is 5.26 Å². The minimum Gasteiger partial charge on any atom is -0.465 e. The minimum atomic E-state index is -1.51. The van der Waals surface area contributed by atoms with Crippen LogP contribution >= 0.6 is 11.6 Å². The maximum absolute atomic E-state index is 12.4. The van der Waals surface area contributed by atoms with Gasteiger partial charge in [0.15, 0.2) is 11.7 Å². The summed E-state index contributed by atoms with van der Waals surface area (Å²) in [5, 5.41) is 8.73. The molecule has 0 saturated carbocycles. The lowest BCUT2D eigenvalue weighted by atomic mass is 9.83. The van der Waals surface area contributed by atoms with Crippen LogP contribution < -0.4 is 0 Å². The first-order chi connectivity index (χ1) is 10.0. The second-order valence-electron chi connectivity index (χ2n) is 4.25. The SMILES string of the molecule is CCOC(=O)[C@H](C#N)C1=C(Cl)C(=O)c2ccccc2C1=O. The zero-order valence-corrected chi connectivity index (χ0v) is 11.8. The Morgan fingerprint density at radius 3 is 2.38 bits per heavy atom. The molecule has 0 bridgehead atoms. The lowest BCUT2D eigenvalue weighted by Gasteiger charge is -2.19. The maximum atomic E-state index is 12.4. The second kappa shape index (κ2) is 5.90. The molecular weight excluding hydrogens is 294 g/mol. The number of hydrogen-bond donors (Lipinski definition) is 0. The van der Waals surface area contributed by atoms with Gasteiger partial charge in [-0.25, -0.2) is 0 Å². The topological polar surface area (TPSA) is 84.2 Å². The number of esters is 1. The molecule has 6 heteroatoms. The van der Waals surface area contributed by atoms with Crippen LogP contribution in [0, 0.1) is 17.2 Å². The number of ketones is 2. The maximum Gasteiger partial charge on any atom is 0.328 e. The van der Waals surface area contributed by atoms with Gasteiger partial charge in [0.2, 0.25) is 5.78 Å². The number of nitriles is 1. The molecule has 0 aliphatic heterocycles. The van der Waals surface area contributed by atoms with Crippen LogP contribution in [0.2, 0.25) is 0 Å². The smallest absolute Gasteiger partial charge is 0.328 e. The molecule has 0 unspecified atom stereocenters. The summed E-state index contributed by atoms with van der Waals surface area (Å²) in [6, 6.07) is 7.80. The third-order valence-electron chi connectivity index (χ3n) is 3.04. The Labute approximate surface area is 125 Å². The van der Waals surface area contributed by atoms with Gasteiger partial charge in [-0.15, -0.1) is 0 Å². The van der Waals surface area contributed by atoms with Crippen molar-refractivity contribution in [3.05, 3.63) is 46.0 Å². The number of fused-ring (bicyclic) bond motifs is 1. The summed E-state index contributed by atoms with van der Waals surface area (Å²) in [5.41, 5.74) is -0.0236. The number of hydrogen-bond acceptors (Lipinski definition) is 5. The number of allylic oxidation sites excluding steroid dienone is 1. The second-order valence-corrected chi connectivity index (χ2v) is 4.62. The molecule has 106 valence electrons. The predicted molar refractivity (Wildman–Crippen MR) is 73.7 cm³/mol. The van der Waals surface area contributed by atoms with Gasteiger partial charge in [-0.3, -0.25) is 14.4 Å². The summed E-state index contributed by atoms with van der Waals surface area (Å²) in [6.07, 6.45) is 0. The number of carbonyl (C=O) groups excluding carboxylic acids is 3. The standard InChI is InChI=1S/C15H10ClNO4/c1-2-21-15(20)10(7-17)11-12(16)14(19)9-6-4-3-5-8(9)13(11)18/h3-6,10H,2H2,1H3/t10-/m1/s1. The van der Waals surface area contributed by atoms with Gasteiger partial charge in [-0.2, -0.15) is 5.26 Å². The van der Waals surface area contributed by atoms with Crippen molar-refractivity contribution in [3.63, 3.8) is 0 Å². The zero-order valence-electron chi connectivity index (χ0n) is 11.1. The summed E-state index contributed by atoms with van der Waals surface area (Å²) in [5.74, 6) is -3.59. The van der Waals surface area contributed by atoms with E-state index in [2.05, 4.69) is 0 Å². The predicted octanol–water partition coefficient (Wildman–Crippen LogP) is 2.26. The molecule has 21 heavy (non-hydrogen) atoms. The molecule has 1 aromatic carbocycles. The van der Waals surface area contributed by atoms with Crippen molar-refractivity contribution in [2.75, 3.05) is 6.61 Å². The third-order valence-corrected chi connectivity index (χ3v) is 3.41. The van der Waals surface area contributed by atoms with Crippen molar-refractivity contribution in [1.82, 2.24) is 0 Å². The van der Waals surface area contributed by atoms with Crippen LogP contribution in [-0.4, -0.2) is 24.1 Å². The summed E-state index contributed by atoms with van der Waals surface area (Å²) in [7, 11) is 0. The van der Waals surface area contributed by atoms with Crippen LogP contribution in [0.25, 0.3) is 0 Å². The van der Waals surface area contributed by atoms with Gasteiger partial charge in [0, 0.05) is 11.1 Å². The van der Waals surface area contributed by atoms with Gasteiger partial charge in [-0.1, -0.05) is 35.9 Å². The monoisotopic (exact) mass is 303 g/mol. The van der Waals surface area contributed by atoms with E-state index < -0.39 is 28.5 Å². The quantitative estimate of drug-likeness (QED) is 0.800. The number of carbonyl (C=O) groups is 3. The average molecular weight is 304 g/mol. The molecular formula is C15H10ClNO4. The molecule has 0 saturated heterocycles. The van der Waals surface area contributed by atoms with Gasteiger partial charge in [0.1, 0.15) is 0 Å². The van der Waals surface area contributed by atoms with E-state index in [4.69, 9.17) is 21.6 Å². The van der Waals surface area contributed by atoms with E-state index in [0.29, 0.717) is 0 Å². The Kier molecular flexibility index (Phi) is 4.20. The molecule has 1 aliphatic rings. The number of ether oxygens (including phenoxy) is 1. The summed E-state index contributed by atoms with van der Waals surface area (Å²) in [6.45, 7) is 1.63. The van der Waals surface area contributed by atoms with Gasteiger partial charge in [-0.05, 0) is 6.92 Å². The van der Waals surface area contributed by atoms with E-state index >= 15 is 0 Å². The number of nitrogens with zero attached hydrogens (tertiary/aromatic N) is 1. The van der Waals surface area contributed by atoms with E-state index in [1.54, 1.807) is 25.1 Å². The Morgan fingerprint density at radius 2 is 1.86 bits per heavy atom. The van der Waals surface area contributed by atoms with Crippen LogP contribution in [0.5, 0.6) is 0 Å². The number of halogens is 1. The Balaban J connectivity index is 2.56. The highest BCUT2D eigenvalue weighted by atomic mass is 35.5. The molecule has 1 aromatic rings. The highest BCUT2D eigenvalue weighted by Crippen LogP contribution is 2.32. The molecule has 0 aromatic heterocycles. The van der Waals surface area contributed by atoms with E-state index in [0.717, 1.165) is 0 Å². The number of rotatable bonds is 3. The van der Waals surface area contributed by atoms with Crippen LogP contribution in [0.1, 0.15) is 27.6 Å². The highest BCUT2D eigenvalue weighted by Gasteiger charge is 2.39. The fourth-order valence-corrected chi connectivity index (χ4v) is 2.38. The third kappa shape index (κ3) is 2.46. The van der Waals surface area contributed by atoms with Crippen molar-refractivity contribution in [3.8, 4) is 6.07 Å². The normalized spacial score (nSPS) is 15.3. The number of benzene rings is 1. The Hall–Kier alpha value is -2.45. The van der Waals surface area contributed by atoms with Crippen LogP contribution in [0.4, 0.5) is 0 Å². The molecule has 1 atom stereocenters. The molecule has 0 N–H and O–H groups in total. The van der Waals surface area contributed by atoms with Crippen LogP contribution in [0.15, 0.2) is 34.9 Å². The molecule has 0 spiro atoms. The minimum absolute atomic E-state index is 0.0562. The molecule has 0 fully saturated rings. The summed E-state index contributed by atoms with van der Waals surface area (Å²) < 4.78 is 4.75. The van der Waals surface area contributed by atoms with Crippen LogP contribution in [-0.2, 0) is 9.53 Å². The first-order valence-corrected chi connectivity index (χ1v) is 6.55. The van der Waals surface area contributed by atoms with Crippen molar-refractivity contribution >= 4 is 29.1 Å². The fraction of sp³-hybridized carbons (Fsp3) is 0.200. The highest BCUT2D eigenvalue weighted by molar-refractivity contribution is 6.50. The lowest BCUT2D eigenvalue weighted by molar-refractivity contribution is -0.144.